The predicted octanol–water partition coefficient (Wildman–Crippen LogP) is -0.303. The van der Waals surface area contributed by atoms with Crippen molar-refractivity contribution in [1.29, 1.82) is 0 Å². The maximum Gasteiger partial charge on any atom is 0.377 e. The van der Waals surface area contributed by atoms with Crippen LogP contribution in [0.5, 0.6) is 17.2 Å². The van der Waals surface area contributed by atoms with E-state index in [0.717, 1.165) is 24.3 Å². The van der Waals surface area contributed by atoms with E-state index in [1.54, 1.807) is 0 Å². The van der Waals surface area contributed by atoms with Crippen molar-refractivity contribution in [3.63, 3.8) is 0 Å². The van der Waals surface area contributed by atoms with Crippen LogP contribution in [0.3, 0.4) is 0 Å². The molecule has 9 nitrogen and oxygen atoms in total. The lowest BCUT2D eigenvalue weighted by Gasteiger charge is -2.17. The van der Waals surface area contributed by atoms with Crippen molar-refractivity contribution < 1.29 is 44.3 Å². The fourth-order valence-electron chi connectivity index (χ4n) is 1.82. The Bertz CT molecular complexity index is 816. The number of carboxylic acid groups (broad SMARTS) is 1. The van der Waals surface area contributed by atoms with Crippen molar-refractivity contribution in [2.45, 2.75) is 6.29 Å². The zero-order valence-corrected chi connectivity index (χ0v) is 11.8. The largest absolute Gasteiger partial charge is 0.507 e. The second kappa shape index (κ2) is 6.34. The Morgan fingerprint density at radius 1 is 1.00 bits per heavy atom. The minimum absolute atomic E-state index is 0.0989. The molecule has 1 aromatic rings. The summed E-state index contributed by atoms with van der Waals surface area (Å²) < 4.78 is 4.96. The molecule has 1 atom stereocenters. The average Bonchev–Trinajstić information content (AvgIpc) is 2.51. The number of Topliss-reactive ketones (excluding diaryl/α,β-unsaturated/α-hetero) is 1. The summed E-state index contributed by atoms with van der Waals surface area (Å²) in [6.45, 7) is 0. The van der Waals surface area contributed by atoms with Gasteiger partial charge in [-0.3, -0.25) is 14.4 Å². The molecule has 1 aliphatic rings. The summed E-state index contributed by atoms with van der Waals surface area (Å²) in [6, 6.07) is 1.39. The summed E-state index contributed by atoms with van der Waals surface area (Å²) in [5.74, 6) is -6.95. The highest BCUT2D eigenvalue weighted by atomic mass is 16.6. The highest BCUT2D eigenvalue weighted by Gasteiger charge is 2.24. The number of aliphatic hydroxyl groups excluding tert-OH is 1. The average molecular weight is 334 g/mol. The molecule has 9 heteroatoms. The number of benzene rings is 1. The van der Waals surface area contributed by atoms with Crippen LogP contribution in [0.1, 0.15) is 10.4 Å². The first-order chi connectivity index (χ1) is 11.2. The highest BCUT2D eigenvalue weighted by molar-refractivity contribution is 6.46. The number of aliphatic carboxylic acids is 1. The van der Waals surface area contributed by atoms with Gasteiger partial charge in [0, 0.05) is 11.6 Å². The van der Waals surface area contributed by atoms with Gasteiger partial charge in [0.2, 0.25) is 17.9 Å². The number of aliphatic hydroxyl groups is 1. The molecule has 0 fully saturated rings. The maximum absolute atomic E-state index is 11.4. The van der Waals surface area contributed by atoms with Crippen LogP contribution in [0.15, 0.2) is 35.9 Å². The number of ketones is 3. The van der Waals surface area contributed by atoms with E-state index in [1.807, 2.05) is 0 Å². The molecular weight excluding hydrogens is 324 g/mol. The van der Waals surface area contributed by atoms with Crippen LogP contribution >= 0.6 is 0 Å². The van der Waals surface area contributed by atoms with Crippen LogP contribution in [-0.4, -0.2) is 50.0 Å². The van der Waals surface area contributed by atoms with E-state index in [9.17, 15) is 34.5 Å². The van der Waals surface area contributed by atoms with Crippen LogP contribution in [0.2, 0.25) is 0 Å². The molecule has 0 radical (unpaired) electrons. The Kier molecular flexibility index (Phi) is 4.47. The van der Waals surface area contributed by atoms with E-state index in [2.05, 4.69) is 0 Å². The number of carboxylic acids is 1. The SMILES string of the molecule is O=C(O)C(=O)c1cc(OC(O)C2=CC(=O)C(=O)C=C2)c(O)cc1O. The fraction of sp³-hybridized carbons (Fsp3) is 0.0667. The lowest BCUT2D eigenvalue weighted by Crippen LogP contribution is -2.23. The quantitative estimate of drug-likeness (QED) is 0.245. The third-order valence-electron chi connectivity index (χ3n) is 3.01. The number of ether oxygens (including phenoxy) is 1. The third-order valence-corrected chi connectivity index (χ3v) is 3.01. The number of carbonyl (C=O) groups is 4. The van der Waals surface area contributed by atoms with Crippen LogP contribution in [-0.2, 0) is 14.4 Å². The normalized spacial score (nSPS) is 15.0. The monoisotopic (exact) mass is 334 g/mol. The van der Waals surface area contributed by atoms with Crippen LogP contribution < -0.4 is 4.74 Å². The van der Waals surface area contributed by atoms with Crippen LogP contribution in [0, 0.1) is 0 Å². The Hall–Kier alpha value is -3.46. The third kappa shape index (κ3) is 3.31. The molecule has 0 saturated carbocycles. The van der Waals surface area contributed by atoms with Gasteiger partial charge in [0.25, 0.3) is 5.78 Å². The molecule has 4 N–H and O–H groups in total. The zero-order valence-electron chi connectivity index (χ0n) is 11.8. The first-order valence-electron chi connectivity index (χ1n) is 6.37. The minimum atomic E-state index is -1.84. The topological polar surface area (TPSA) is 158 Å². The highest BCUT2D eigenvalue weighted by Crippen LogP contribution is 2.34. The van der Waals surface area contributed by atoms with Gasteiger partial charge >= 0.3 is 5.97 Å². The summed E-state index contributed by atoms with van der Waals surface area (Å²) in [6.07, 6.45) is 1.07. The molecule has 2 rings (SSSR count). The molecular formula is C15H10O9. The van der Waals surface area contributed by atoms with E-state index in [1.165, 1.54) is 0 Å². The molecule has 124 valence electrons. The number of carbonyl (C=O) groups excluding carboxylic acids is 3. The molecule has 0 aromatic heterocycles. The molecule has 0 bridgehead atoms. The number of hydrogen-bond acceptors (Lipinski definition) is 8. The standard InChI is InChI=1S/C15H10O9/c16-8-2-1-6(3-10(8)18)15(23)24-12-4-7(13(20)14(21)22)9(17)5-11(12)19/h1-5,15,17,19,23H,(H,21,22). The molecule has 0 aliphatic heterocycles. The van der Waals surface area contributed by atoms with Gasteiger partial charge in [-0.05, 0) is 24.3 Å². The molecule has 1 aliphatic carbocycles. The first kappa shape index (κ1) is 16.9. The lowest BCUT2D eigenvalue weighted by molar-refractivity contribution is -0.131. The molecule has 0 saturated heterocycles. The Morgan fingerprint density at radius 2 is 1.67 bits per heavy atom. The number of phenolic OH excluding ortho intramolecular Hbond substituents is 2. The van der Waals surface area contributed by atoms with Crippen molar-refractivity contribution in [2.24, 2.45) is 0 Å². The van der Waals surface area contributed by atoms with E-state index < -0.39 is 52.4 Å². The van der Waals surface area contributed by atoms with Gasteiger partial charge in [0.05, 0.1) is 5.56 Å². The van der Waals surface area contributed by atoms with E-state index >= 15 is 0 Å². The van der Waals surface area contributed by atoms with Gasteiger partial charge in [-0.25, -0.2) is 4.79 Å². The smallest absolute Gasteiger partial charge is 0.377 e. The van der Waals surface area contributed by atoms with Crippen molar-refractivity contribution in [3.05, 3.63) is 41.5 Å². The fourth-order valence-corrected chi connectivity index (χ4v) is 1.82. The molecule has 24 heavy (non-hydrogen) atoms. The Morgan fingerprint density at radius 3 is 2.25 bits per heavy atom. The number of phenols is 2. The molecule has 0 spiro atoms. The van der Waals surface area contributed by atoms with Gasteiger partial charge in [-0.2, -0.15) is 0 Å². The maximum atomic E-state index is 11.4. The van der Waals surface area contributed by atoms with Gasteiger partial charge in [0.1, 0.15) is 5.75 Å². The molecule has 0 heterocycles. The van der Waals surface area contributed by atoms with Crippen molar-refractivity contribution in [1.82, 2.24) is 0 Å². The second-order valence-corrected chi connectivity index (χ2v) is 4.65. The summed E-state index contributed by atoms with van der Waals surface area (Å²) in [4.78, 5) is 44.4. The Labute approximate surface area is 133 Å². The summed E-state index contributed by atoms with van der Waals surface area (Å²) in [7, 11) is 0. The molecule has 1 unspecified atom stereocenters. The predicted molar refractivity (Wildman–Crippen MR) is 75.6 cm³/mol. The summed E-state index contributed by atoms with van der Waals surface area (Å²) >= 11 is 0. The summed E-state index contributed by atoms with van der Waals surface area (Å²) in [5, 5.41) is 37.7. The Balaban J connectivity index is 2.31. The number of aromatic hydroxyl groups is 2. The van der Waals surface area contributed by atoms with Gasteiger partial charge < -0.3 is 25.2 Å². The zero-order chi connectivity index (χ0) is 18.0. The number of hydrogen-bond donors (Lipinski definition) is 4. The summed E-state index contributed by atoms with van der Waals surface area (Å²) in [5.41, 5.74) is -0.764. The van der Waals surface area contributed by atoms with Gasteiger partial charge in [0.15, 0.2) is 11.5 Å². The second-order valence-electron chi connectivity index (χ2n) is 4.65. The lowest BCUT2D eigenvalue weighted by atomic mass is 10.0. The first-order valence-corrected chi connectivity index (χ1v) is 6.37. The minimum Gasteiger partial charge on any atom is -0.507 e. The number of rotatable bonds is 5. The van der Waals surface area contributed by atoms with Gasteiger partial charge in [-0.1, -0.05) is 0 Å². The molecule has 0 amide bonds. The van der Waals surface area contributed by atoms with Crippen molar-refractivity contribution in [3.8, 4) is 17.2 Å². The van der Waals surface area contributed by atoms with Gasteiger partial charge in [-0.15, -0.1) is 0 Å². The van der Waals surface area contributed by atoms with Crippen LogP contribution in [0.4, 0.5) is 0 Å². The van der Waals surface area contributed by atoms with E-state index in [0.29, 0.717) is 6.07 Å². The van der Waals surface area contributed by atoms with Crippen LogP contribution in [0.25, 0.3) is 0 Å². The number of allylic oxidation sites excluding steroid dienone is 2. The van der Waals surface area contributed by atoms with Crippen molar-refractivity contribution in [2.75, 3.05) is 0 Å². The van der Waals surface area contributed by atoms with E-state index in [-0.39, 0.29) is 5.57 Å². The molecule has 1 aromatic carbocycles. The van der Waals surface area contributed by atoms with Crippen molar-refractivity contribution >= 4 is 23.3 Å². The van der Waals surface area contributed by atoms with E-state index in [4.69, 9.17) is 9.84 Å².